The molecule has 0 fully saturated rings. The molecule has 2 aromatic heterocycles. The molecule has 0 saturated carbocycles. The maximum absolute atomic E-state index is 11.5. The van der Waals surface area contributed by atoms with Gasteiger partial charge in [0.15, 0.2) is 0 Å². The number of rotatable bonds is 8. The smallest absolute Gasteiger partial charge is 0.303 e. The second-order valence-electron chi connectivity index (χ2n) is 10.5. The minimum atomic E-state index is -0.902. The fourth-order valence-corrected chi connectivity index (χ4v) is 5.47. The molecule has 0 radical (unpaired) electrons. The Morgan fingerprint density at radius 1 is 0.762 bits per heavy atom. The normalized spacial score (nSPS) is 13.9. The van der Waals surface area contributed by atoms with E-state index < -0.39 is 11.9 Å². The van der Waals surface area contributed by atoms with Crippen molar-refractivity contribution in [1.82, 2.24) is 19.9 Å². The molecule has 0 saturated heterocycles. The Bertz CT molecular complexity index is 1860. The number of aromatic nitrogens is 4. The number of carbonyl (C=O) groups is 2. The highest BCUT2D eigenvalue weighted by atomic mass is 16.4. The average molecular weight is 565 g/mol. The van der Waals surface area contributed by atoms with Gasteiger partial charge >= 0.3 is 11.9 Å². The van der Waals surface area contributed by atoms with E-state index in [0.717, 1.165) is 50.1 Å². The number of carboxylic acids is 2. The summed E-state index contributed by atoms with van der Waals surface area (Å²) in [5, 5.41) is 18.9. The number of allylic oxidation sites excluding steroid dienone is 8. The maximum atomic E-state index is 11.5. The number of aryl methyl sites for hydroxylation is 2. The van der Waals surface area contributed by atoms with E-state index in [1.807, 2.05) is 45.9 Å². The van der Waals surface area contributed by atoms with Crippen LogP contribution in [-0.4, -0.2) is 42.1 Å². The zero-order valence-electron chi connectivity index (χ0n) is 24.1. The van der Waals surface area contributed by atoms with Gasteiger partial charge in [-0.05, 0) is 86.6 Å². The SMILES string of the molecule is C=CC1=C(C)c2nc1cc1[nH]c(cc3nc(cc4nc(o2)C(C=C)=C4C)C(C)=C3CCC(=O)O)c(CCC(=O)O)c1C. The summed E-state index contributed by atoms with van der Waals surface area (Å²) in [5.41, 5.74) is 10.7. The Morgan fingerprint density at radius 2 is 1.38 bits per heavy atom. The van der Waals surface area contributed by atoms with Crippen molar-refractivity contribution in [3.8, 4) is 0 Å². The fraction of sp³-hybridized carbons (Fsp3) is 0.242. The minimum Gasteiger partial charge on any atom is -0.481 e. The molecule has 3 N–H and O–H groups in total. The third kappa shape index (κ3) is 5.09. The van der Waals surface area contributed by atoms with Gasteiger partial charge in [-0.3, -0.25) is 9.59 Å². The van der Waals surface area contributed by atoms with Crippen molar-refractivity contribution in [2.45, 2.75) is 53.4 Å². The third-order valence-corrected chi connectivity index (χ3v) is 7.92. The lowest BCUT2D eigenvalue weighted by Crippen LogP contribution is -1.98. The molecule has 214 valence electrons. The third-order valence-electron chi connectivity index (χ3n) is 7.92. The maximum Gasteiger partial charge on any atom is 0.303 e. The fourth-order valence-electron chi connectivity index (χ4n) is 5.47. The summed E-state index contributed by atoms with van der Waals surface area (Å²) in [6, 6.07) is 5.65. The van der Waals surface area contributed by atoms with Crippen molar-refractivity contribution in [3.05, 3.63) is 89.2 Å². The summed E-state index contributed by atoms with van der Waals surface area (Å²) in [4.78, 5) is 40.9. The summed E-state index contributed by atoms with van der Waals surface area (Å²) in [6.45, 7) is 15.7. The lowest BCUT2D eigenvalue weighted by Gasteiger charge is -2.03. The predicted octanol–water partition coefficient (Wildman–Crippen LogP) is 7.05. The molecule has 0 aliphatic carbocycles. The van der Waals surface area contributed by atoms with Crippen molar-refractivity contribution >= 4 is 56.4 Å². The lowest BCUT2D eigenvalue weighted by molar-refractivity contribution is -0.137. The van der Waals surface area contributed by atoms with Crippen molar-refractivity contribution in [2.75, 3.05) is 0 Å². The van der Waals surface area contributed by atoms with Gasteiger partial charge in [0.25, 0.3) is 0 Å². The number of fused-ring (bicyclic) bond motifs is 8. The summed E-state index contributed by atoms with van der Waals surface area (Å²) in [7, 11) is 0. The van der Waals surface area contributed by atoms with E-state index >= 15 is 0 Å². The van der Waals surface area contributed by atoms with E-state index in [0.29, 0.717) is 52.9 Å². The Labute approximate surface area is 243 Å². The molecule has 5 heterocycles. The van der Waals surface area contributed by atoms with Gasteiger partial charge in [0.2, 0.25) is 11.8 Å². The van der Waals surface area contributed by atoms with Crippen molar-refractivity contribution in [3.63, 3.8) is 0 Å². The number of hydrogen-bond acceptors (Lipinski definition) is 6. The van der Waals surface area contributed by atoms with Crippen molar-refractivity contribution < 1.29 is 24.2 Å². The van der Waals surface area contributed by atoms with E-state index in [4.69, 9.17) is 19.4 Å². The first kappa shape index (κ1) is 28.5. The summed E-state index contributed by atoms with van der Waals surface area (Å²) >= 11 is 0. The van der Waals surface area contributed by atoms with Crippen LogP contribution in [0.1, 0.15) is 85.7 Å². The summed E-state index contributed by atoms with van der Waals surface area (Å²) < 4.78 is 6.28. The summed E-state index contributed by atoms with van der Waals surface area (Å²) in [5.74, 6) is -1.02. The van der Waals surface area contributed by atoms with Gasteiger partial charge in [-0.2, -0.15) is 0 Å². The Balaban J connectivity index is 1.92. The highest BCUT2D eigenvalue weighted by Crippen LogP contribution is 2.38. The van der Waals surface area contributed by atoms with Gasteiger partial charge in [-0.1, -0.05) is 25.3 Å². The number of aromatic amines is 1. The van der Waals surface area contributed by atoms with E-state index in [1.165, 1.54) is 0 Å². The number of nitrogens with zero attached hydrogens (tertiary/aromatic N) is 3. The van der Waals surface area contributed by atoms with E-state index in [2.05, 4.69) is 18.1 Å². The highest BCUT2D eigenvalue weighted by Gasteiger charge is 2.24. The molecule has 0 aromatic carbocycles. The number of nitrogens with one attached hydrogen (secondary N) is 1. The second kappa shape index (κ2) is 11.1. The standard InChI is InChI=1S/C33H32N4O5/c1-7-20-19(6)32-37-27(20)14-25-18(5)23(10-12-31(40)41)29(35-25)15-28-22(9-11-30(38)39)17(4)24(34-28)13-26-16(3)21(8-2)33(36-26)42-32/h7-8,13-15,35H,1-2,9-12H2,3-6H3,(H,38,39)(H,40,41). The van der Waals surface area contributed by atoms with Crippen molar-refractivity contribution in [1.29, 1.82) is 0 Å². The molecule has 3 aliphatic heterocycles. The lowest BCUT2D eigenvalue weighted by atomic mass is 10.00. The van der Waals surface area contributed by atoms with Gasteiger partial charge in [-0.15, -0.1) is 0 Å². The quantitative estimate of drug-likeness (QED) is 0.309. The van der Waals surface area contributed by atoms with E-state index in [9.17, 15) is 19.8 Å². The molecule has 0 amide bonds. The zero-order chi connectivity index (χ0) is 30.3. The van der Waals surface area contributed by atoms with Gasteiger partial charge in [-0.25, -0.2) is 15.0 Å². The van der Waals surface area contributed by atoms with Crippen LogP contribution >= 0.6 is 0 Å². The molecule has 42 heavy (non-hydrogen) atoms. The molecule has 2 aromatic rings. The Hall–Kier alpha value is -5.05. The first-order valence-electron chi connectivity index (χ1n) is 13.6. The van der Waals surface area contributed by atoms with Gasteiger partial charge in [0, 0.05) is 40.6 Å². The van der Waals surface area contributed by atoms with Crippen LogP contribution in [0.2, 0.25) is 0 Å². The van der Waals surface area contributed by atoms with Crippen LogP contribution in [0.25, 0.3) is 44.5 Å². The van der Waals surface area contributed by atoms with E-state index in [-0.39, 0.29) is 12.8 Å². The topological polar surface area (TPSA) is 142 Å². The molecule has 9 nitrogen and oxygen atoms in total. The Kier molecular flexibility index (Phi) is 7.51. The molecule has 9 heteroatoms. The van der Waals surface area contributed by atoms with Crippen LogP contribution in [0.3, 0.4) is 0 Å². The molecule has 0 atom stereocenters. The molecule has 8 bridgehead atoms. The number of hydrogen-bond donors (Lipinski definition) is 3. The zero-order valence-corrected chi connectivity index (χ0v) is 24.1. The van der Waals surface area contributed by atoms with Crippen LogP contribution in [0.15, 0.2) is 47.9 Å². The molecule has 3 aliphatic rings. The van der Waals surface area contributed by atoms with Gasteiger partial charge < -0.3 is 19.6 Å². The first-order chi connectivity index (χ1) is 20.0. The predicted molar refractivity (Wildman–Crippen MR) is 163 cm³/mol. The number of H-pyrrole nitrogens is 1. The average Bonchev–Trinajstić information content (AvgIpc) is 3.59. The monoisotopic (exact) mass is 564 g/mol. The van der Waals surface area contributed by atoms with E-state index in [1.54, 1.807) is 12.2 Å². The molecular weight excluding hydrogens is 532 g/mol. The highest BCUT2D eigenvalue weighted by molar-refractivity contribution is 5.98. The molecular formula is C33H32N4O5. The van der Waals surface area contributed by atoms with Gasteiger partial charge in [0.05, 0.1) is 22.8 Å². The largest absolute Gasteiger partial charge is 0.481 e. The number of aliphatic carboxylic acids is 2. The molecule has 0 spiro atoms. The first-order valence-corrected chi connectivity index (χ1v) is 13.6. The second-order valence-corrected chi connectivity index (χ2v) is 10.5. The van der Waals surface area contributed by atoms with Crippen LogP contribution < -0.4 is 0 Å². The molecule has 0 unspecified atom stereocenters. The van der Waals surface area contributed by atoms with Gasteiger partial charge in [0.1, 0.15) is 0 Å². The molecule has 5 rings (SSSR count). The summed E-state index contributed by atoms with van der Waals surface area (Å²) in [6.07, 6.45) is 3.93. The van der Waals surface area contributed by atoms with Crippen LogP contribution in [0.5, 0.6) is 0 Å². The van der Waals surface area contributed by atoms with Crippen LogP contribution in [0.4, 0.5) is 0 Å². The van der Waals surface area contributed by atoms with Crippen LogP contribution in [-0.2, 0) is 16.0 Å². The van der Waals surface area contributed by atoms with Crippen LogP contribution in [0, 0.1) is 6.92 Å². The number of carboxylic acid groups (broad SMARTS) is 2. The van der Waals surface area contributed by atoms with Crippen molar-refractivity contribution in [2.24, 2.45) is 0 Å². The Morgan fingerprint density at radius 3 is 2.05 bits per heavy atom. The minimum absolute atomic E-state index is 0.0450.